The molecule has 22 heavy (non-hydrogen) atoms. The Morgan fingerprint density at radius 2 is 2.09 bits per heavy atom. The summed E-state index contributed by atoms with van der Waals surface area (Å²) in [6, 6.07) is 8.72. The van der Waals surface area contributed by atoms with Crippen molar-refractivity contribution in [2.75, 3.05) is 20.6 Å². The molecule has 6 heteroatoms. The zero-order valence-electron chi connectivity index (χ0n) is 12.6. The van der Waals surface area contributed by atoms with Gasteiger partial charge in [0.2, 0.25) is 0 Å². The van der Waals surface area contributed by atoms with Crippen LogP contribution in [0.1, 0.15) is 21.7 Å². The minimum atomic E-state index is -0.249. The molecular formula is C16H19BrFN3O. The summed E-state index contributed by atoms with van der Waals surface area (Å²) >= 11 is 3.18. The summed E-state index contributed by atoms with van der Waals surface area (Å²) in [5.41, 5.74) is 2.62. The van der Waals surface area contributed by atoms with E-state index >= 15 is 0 Å². The van der Waals surface area contributed by atoms with Crippen LogP contribution in [0.3, 0.4) is 0 Å². The standard InChI is InChI=1S/C16H19BrFN3O/c1-21(2)16(22)15-6-4-12(20-15)10-19-8-7-11-3-5-14(18)13(17)9-11/h3-6,9,19-20H,7-8,10H2,1-2H3. The summed E-state index contributed by atoms with van der Waals surface area (Å²) in [7, 11) is 3.45. The van der Waals surface area contributed by atoms with Crippen molar-refractivity contribution in [3.63, 3.8) is 0 Å². The second kappa shape index (κ2) is 7.56. The molecule has 1 aromatic carbocycles. The molecule has 2 rings (SSSR count). The smallest absolute Gasteiger partial charge is 0.269 e. The Labute approximate surface area is 137 Å². The molecule has 0 aliphatic heterocycles. The first kappa shape index (κ1) is 16.7. The fourth-order valence-corrected chi connectivity index (χ4v) is 2.49. The van der Waals surface area contributed by atoms with Gasteiger partial charge in [0.1, 0.15) is 11.5 Å². The molecule has 0 unspecified atom stereocenters. The molecule has 118 valence electrons. The lowest BCUT2D eigenvalue weighted by Gasteiger charge is -2.08. The monoisotopic (exact) mass is 367 g/mol. The van der Waals surface area contributed by atoms with E-state index in [9.17, 15) is 9.18 Å². The van der Waals surface area contributed by atoms with Crippen molar-refractivity contribution in [3.05, 3.63) is 57.6 Å². The molecule has 1 amide bonds. The van der Waals surface area contributed by atoms with E-state index in [0.29, 0.717) is 16.7 Å². The SMILES string of the molecule is CN(C)C(=O)c1ccc(CNCCc2ccc(F)c(Br)c2)[nH]1. The third-order valence-electron chi connectivity index (χ3n) is 3.27. The van der Waals surface area contributed by atoms with Crippen molar-refractivity contribution >= 4 is 21.8 Å². The number of benzene rings is 1. The zero-order valence-corrected chi connectivity index (χ0v) is 14.2. The number of halogens is 2. The number of aromatic nitrogens is 1. The molecule has 0 bridgehead atoms. The fraction of sp³-hybridized carbons (Fsp3) is 0.312. The highest BCUT2D eigenvalue weighted by Crippen LogP contribution is 2.16. The van der Waals surface area contributed by atoms with Gasteiger partial charge in [-0.05, 0) is 58.7 Å². The molecule has 0 aliphatic carbocycles. The van der Waals surface area contributed by atoms with Gasteiger partial charge >= 0.3 is 0 Å². The molecule has 2 N–H and O–H groups in total. The number of amides is 1. The summed E-state index contributed by atoms with van der Waals surface area (Å²) < 4.78 is 13.6. The Morgan fingerprint density at radius 3 is 2.77 bits per heavy atom. The fourth-order valence-electron chi connectivity index (χ4n) is 2.06. The van der Waals surface area contributed by atoms with Crippen LogP contribution in [-0.2, 0) is 13.0 Å². The highest BCUT2D eigenvalue weighted by Gasteiger charge is 2.09. The van der Waals surface area contributed by atoms with E-state index in [1.165, 1.54) is 11.0 Å². The number of hydrogen-bond donors (Lipinski definition) is 2. The maximum absolute atomic E-state index is 13.1. The Balaban J connectivity index is 1.79. The van der Waals surface area contributed by atoms with E-state index in [4.69, 9.17) is 0 Å². The Bertz CT molecular complexity index is 655. The minimum absolute atomic E-state index is 0.0394. The molecule has 1 heterocycles. The van der Waals surface area contributed by atoms with Gasteiger partial charge in [-0.2, -0.15) is 0 Å². The number of nitrogens with one attached hydrogen (secondary N) is 2. The topological polar surface area (TPSA) is 48.1 Å². The van der Waals surface area contributed by atoms with Crippen LogP contribution in [0.25, 0.3) is 0 Å². The summed E-state index contributed by atoms with van der Waals surface area (Å²) in [6.07, 6.45) is 0.809. The van der Waals surface area contributed by atoms with E-state index in [-0.39, 0.29) is 11.7 Å². The number of carbonyl (C=O) groups is 1. The van der Waals surface area contributed by atoms with E-state index in [2.05, 4.69) is 26.2 Å². The lowest BCUT2D eigenvalue weighted by molar-refractivity contribution is 0.0822. The summed E-state index contributed by atoms with van der Waals surface area (Å²) in [5, 5.41) is 3.30. The average Bonchev–Trinajstić information content (AvgIpc) is 2.95. The van der Waals surface area contributed by atoms with E-state index in [0.717, 1.165) is 24.2 Å². The predicted octanol–water partition coefficient (Wildman–Crippen LogP) is 2.95. The highest BCUT2D eigenvalue weighted by atomic mass is 79.9. The molecule has 0 saturated carbocycles. The van der Waals surface area contributed by atoms with Gasteiger partial charge in [-0.25, -0.2) is 4.39 Å². The van der Waals surface area contributed by atoms with Crippen LogP contribution >= 0.6 is 15.9 Å². The number of rotatable bonds is 6. The van der Waals surface area contributed by atoms with Crippen LogP contribution in [0, 0.1) is 5.82 Å². The predicted molar refractivity (Wildman–Crippen MR) is 88.3 cm³/mol. The third-order valence-corrected chi connectivity index (χ3v) is 3.88. The van der Waals surface area contributed by atoms with Crippen molar-refractivity contribution in [2.45, 2.75) is 13.0 Å². The van der Waals surface area contributed by atoms with Crippen molar-refractivity contribution in [1.82, 2.24) is 15.2 Å². The van der Waals surface area contributed by atoms with Gasteiger partial charge in [-0.3, -0.25) is 4.79 Å². The Hall–Kier alpha value is -1.66. The molecule has 1 aromatic heterocycles. The molecule has 0 aliphatic rings. The molecule has 0 fully saturated rings. The first-order chi connectivity index (χ1) is 10.5. The first-order valence-corrected chi connectivity index (χ1v) is 7.81. The van der Waals surface area contributed by atoms with Crippen LogP contribution in [0.5, 0.6) is 0 Å². The lowest BCUT2D eigenvalue weighted by Crippen LogP contribution is -2.22. The number of aromatic amines is 1. The van der Waals surface area contributed by atoms with Crippen molar-refractivity contribution < 1.29 is 9.18 Å². The van der Waals surface area contributed by atoms with Crippen molar-refractivity contribution in [1.29, 1.82) is 0 Å². The number of hydrogen-bond acceptors (Lipinski definition) is 2. The zero-order chi connectivity index (χ0) is 16.1. The van der Waals surface area contributed by atoms with Gasteiger partial charge < -0.3 is 15.2 Å². The van der Waals surface area contributed by atoms with Crippen molar-refractivity contribution in [2.24, 2.45) is 0 Å². The molecule has 0 saturated heterocycles. The van der Waals surface area contributed by atoms with Crippen LogP contribution in [0.2, 0.25) is 0 Å². The lowest BCUT2D eigenvalue weighted by atomic mass is 10.1. The van der Waals surface area contributed by atoms with Gasteiger partial charge in [0.05, 0.1) is 4.47 Å². The van der Waals surface area contributed by atoms with Crippen molar-refractivity contribution in [3.8, 4) is 0 Å². The van der Waals surface area contributed by atoms with Crippen LogP contribution in [-0.4, -0.2) is 36.4 Å². The Morgan fingerprint density at radius 1 is 1.32 bits per heavy atom. The minimum Gasteiger partial charge on any atom is -0.353 e. The van der Waals surface area contributed by atoms with Crippen LogP contribution in [0.4, 0.5) is 4.39 Å². The van der Waals surface area contributed by atoms with Crippen LogP contribution < -0.4 is 5.32 Å². The maximum atomic E-state index is 13.1. The first-order valence-electron chi connectivity index (χ1n) is 7.01. The quantitative estimate of drug-likeness (QED) is 0.771. The highest BCUT2D eigenvalue weighted by molar-refractivity contribution is 9.10. The Kier molecular flexibility index (Phi) is 5.74. The van der Waals surface area contributed by atoms with Gasteiger partial charge in [-0.15, -0.1) is 0 Å². The van der Waals surface area contributed by atoms with Gasteiger partial charge in [0, 0.05) is 26.3 Å². The largest absolute Gasteiger partial charge is 0.353 e. The molecular weight excluding hydrogens is 349 g/mol. The molecule has 0 radical (unpaired) electrons. The molecule has 2 aromatic rings. The normalized spacial score (nSPS) is 10.7. The second-order valence-corrected chi connectivity index (χ2v) is 6.13. The molecule has 4 nitrogen and oxygen atoms in total. The number of carbonyl (C=O) groups excluding carboxylic acids is 1. The van der Waals surface area contributed by atoms with E-state index in [1.54, 1.807) is 32.3 Å². The summed E-state index contributed by atoms with van der Waals surface area (Å²) in [5.74, 6) is -0.288. The van der Waals surface area contributed by atoms with Gasteiger partial charge in [-0.1, -0.05) is 6.07 Å². The number of H-pyrrole nitrogens is 1. The molecule has 0 atom stereocenters. The van der Waals surface area contributed by atoms with E-state index < -0.39 is 0 Å². The molecule has 0 spiro atoms. The number of nitrogens with zero attached hydrogens (tertiary/aromatic N) is 1. The summed E-state index contributed by atoms with van der Waals surface area (Å²) in [4.78, 5) is 16.4. The van der Waals surface area contributed by atoms with E-state index in [1.807, 2.05) is 6.07 Å². The van der Waals surface area contributed by atoms with Gasteiger partial charge in [0.15, 0.2) is 0 Å². The maximum Gasteiger partial charge on any atom is 0.269 e. The average molecular weight is 368 g/mol. The second-order valence-electron chi connectivity index (χ2n) is 5.27. The third kappa shape index (κ3) is 4.42. The van der Waals surface area contributed by atoms with Crippen LogP contribution in [0.15, 0.2) is 34.8 Å². The summed E-state index contributed by atoms with van der Waals surface area (Å²) in [6.45, 7) is 1.43. The van der Waals surface area contributed by atoms with Gasteiger partial charge in [0.25, 0.3) is 5.91 Å².